The lowest BCUT2D eigenvalue weighted by atomic mass is 10.0. The van der Waals surface area contributed by atoms with Crippen LogP contribution in [-0.4, -0.2) is 37.2 Å². The zero-order chi connectivity index (χ0) is 45.1. The van der Waals surface area contributed by atoms with E-state index in [-0.39, 0.29) is 31.1 Å². The van der Waals surface area contributed by atoms with E-state index in [9.17, 15) is 14.4 Å². The monoisotopic (exact) mass is 873 g/mol. The molecule has 0 bridgehead atoms. The van der Waals surface area contributed by atoms with Crippen molar-refractivity contribution in [3.63, 3.8) is 0 Å². The summed E-state index contributed by atoms with van der Waals surface area (Å²) in [5.41, 5.74) is 0. The first kappa shape index (κ1) is 59.9. The third-order valence-corrected chi connectivity index (χ3v) is 12.2. The molecule has 0 spiro atoms. The third-order valence-electron chi connectivity index (χ3n) is 12.2. The van der Waals surface area contributed by atoms with Crippen molar-refractivity contribution in [1.29, 1.82) is 0 Å². The van der Waals surface area contributed by atoms with Crippen LogP contribution in [0.3, 0.4) is 0 Å². The summed E-state index contributed by atoms with van der Waals surface area (Å²) >= 11 is 0. The number of carbonyl (C=O) groups excluding carboxylic acids is 3. The predicted molar refractivity (Wildman–Crippen MR) is 266 cm³/mol. The van der Waals surface area contributed by atoms with E-state index in [1.165, 1.54) is 193 Å². The largest absolute Gasteiger partial charge is 0.462 e. The van der Waals surface area contributed by atoms with Crippen LogP contribution in [0.2, 0.25) is 0 Å². The number of rotatable bonds is 50. The van der Waals surface area contributed by atoms with Gasteiger partial charge >= 0.3 is 17.9 Å². The summed E-state index contributed by atoms with van der Waals surface area (Å²) in [5.74, 6) is -0.910. The van der Waals surface area contributed by atoms with Crippen molar-refractivity contribution in [1.82, 2.24) is 0 Å². The van der Waals surface area contributed by atoms with Crippen molar-refractivity contribution >= 4 is 17.9 Å². The minimum Gasteiger partial charge on any atom is -0.462 e. The fourth-order valence-electron chi connectivity index (χ4n) is 8.03. The smallest absolute Gasteiger partial charge is 0.306 e. The maximum atomic E-state index is 12.8. The van der Waals surface area contributed by atoms with Gasteiger partial charge in [-0.15, -0.1) is 0 Å². The van der Waals surface area contributed by atoms with Crippen molar-refractivity contribution in [2.45, 2.75) is 303 Å². The molecule has 6 nitrogen and oxygen atoms in total. The highest BCUT2D eigenvalue weighted by Gasteiger charge is 2.19. The topological polar surface area (TPSA) is 78.9 Å². The van der Waals surface area contributed by atoms with Gasteiger partial charge in [0.15, 0.2) is 6.10 Å². The van der Waals surface area contributed by atoms with Gasteiger partial charge in [-0.25, -0.2) is 0 Å². The highest BCUT2D eigenvalue weighted by Crippen LogP contribution is 2.16. The van der Waals surface area contributed by atoms with Crippen LogP contribution in [0.5, 0.6) is 0 Å². The van der Waals surface area contributed by atoms with Crippen LogP contribution >= 0.6 is 0 Å². The van der Waals surface area contributed by atoms with Crippen LogP contribution < -0.4 is 0 Å². The number of unbranched alkanes of at least 4 members (excludes halogenated alkanes) is 35. The van der Waals surface area contributed by atoms with E-state index in [0.29, 0.717) is 19.3 Å². The van der Waals surface area contributed by atoms with Crippen molar-refractivity contribution < 1.29 is 28.6 Å². The molecule has 0 aliphatic heterocycles. The number of carbonyl (C=O) groups is 3. The summed E-state index contributed by atoms with van der Waals surface area (Å²) < 4.78 is 16.8. The molecular formula is C56H104O6. The standard InChI is InChI=1S/C56H104O6/c1-4-7-10-13-16-19-21-23-25-27-28-29-31-32-34-37-40-43-46-49-55(58)61-52-53(51-60-54(57)48-45-42-39-36-18-15-12-9-6-3)62-56(59)50-47-44-41-38-35-33-30-26-24-22-20-17-14-11-8-5-2/h26,30,36,39,53H,4-25,27-29,31-35,37-38,40-52H2,1-3H3/b30-26-,39-36-. The molecule has 0 saturated heterocycles. The summed E-state index contributed by atoms with van der Waals surface area (Å²) in [5, 5.41) is 0. The maximum absolute atomic E-state index is 12.8. The van der Waals surface area contributed by atoms with Crippen molar-refractivity contribution in [2.75, 3.05) is 13.2 Å². The lowest BCUT2D eigenvalue weighted by molar-refractivity contribution is -0.167. The van der Waals surface area contributed by atoms with Gasteiger partial charge < -0.3 is 14.2 Å². The number of ether oxygens (including phenoxy) is 3. The lowest BCUT2D eigenvalue weighted by Crippen LogP contribution is -2.30. The summed E-state index contributed by atoms with van der Waals surface area (Å²) in [4.78, 5) is 37.9. The molecule has 0 N–H and O–H groups in total. The molecule has 0 aromatic heterocycles. The Hall–Kier alpha value is -2.11. The Kier molecular flexibility index (Phi) is 49.8. The van der Waals surface area contributed by atoms with Crippen molar-refractivity contribution in [3.05, 3.63) is 24.3 Å². The Bertz CT molecular complexity index is 1000. The quantitative estimate of drug-likeness (QED) is 0.0262. The molecule has 364 valence electrons. The highest BCUT2D eigenvalue weighted by atomic mass is 16.6. The van der Waals surface area contributed by atoms with E-state index >= 15 is 0 Å². The fourth-order valence-corrected chi connectivity index (χ4v) is 8.03. The molecule has 0 aliphatic rings. The summed E-state index contributed by atoms with van der Waals surface area (Å²) in [6.07, 6.45) is 59.0. The Morgan fingerprint density at radius 3 is 0.887 bits per heavy atom. The molecule has 0 fully saturated rings. The molecule has 0 aromatic carbocycles. The van der Waals surface area contributed by atoms with E-state index in [2.05, 4.69) is 45.1 Å². The lowest BCUT2D eigenvalue weighted by Gasteiger charge is -2.18. The zero-order valence-electron chi connectivity index (χ0n) is 41.7. The Morgan fingerprint density at radius 1 is 0.306 bits per heavy atom. The molecule has 62 heavy (non-hydrogen) atoms. The Labute approximate surface area is 385 Å². The fraction of sp³-hybridized carbons (Fsp3) is 0.875. The van der Waals surface area contributed by atoms with Crippen LogP contribution in [0.25, 0.3) is 0 Å². The highest BCUT2D eigenvalue weighted by molar-refractivity contribution is 5.71. The van der Waals surface area contributed by atoms with Gasteiger partial charge in [-0.05, 0) is 64.2 Å². The summed E-state index contributed by atoms with van der Waals surface area (Å²) in [7, 11) is 0. The van der Waals surface area contributed by atoms with Gasteiger partial charge in [-0.1, -0.05) is 238 Å². The van der Waals surface area contributed by atoms with Crippen molar-refractivity contribution in [2.24, 2.45) is 0 Å². The molecule has 0 saturated carbocycles. The first-order valence-electron chi connectivity index (χ1n) is 27.3. The zero-order valence-corrected chi connectivity index (χ0v) is 41.7. The van der Waals surface area contributed by atoms with Gasteiger partial charge in [0.05, 0.1) is 0 Å². The van der Waals surface area contributed by atoms with Gasteiger partial charge in [0.1, 0.15) is 13.2 Å². The van der Waals surface area contributed by atoms with E-state index in [0.717, 1.165) is 64.2 Å². The van der Waals surface area contributed by atoms with Crippen LogP contribution in [0.4, 0.5) is 0 Å². The van der Waals surface area contributed by atoms with Crippen LogP contribution in [0, 0.1) is 0 Å². The molecule has 0 radical (unpaired) electrons. The number of hydrogen-bond acceptors (Lipinski definition) is 6. The molecule has 0 heterocycles. The Balaban J connectivity index is 4.26. The van der Waals surface area contributed by atoms with Gasteiger partial charge in [0.2, 0.25) is 0 Å². The van der Waals surface area contributed by atoms with Crippen LogP contribution in [0.15, 0.2) is 24.3 Å². The SMILES string of the molecule is CCCCCC/C=C\CCCC(=O)OCC(COC(=O)CCCCCCCCCCCCCCCCCCCCC)OC(=O)CCCCCCC/C=C\CCCCCCCCC. The van der Waals surface area contributed by atoms with Crippen molar-refractivity contribution in [3.8, 4) is 0 Å². The Morgan fingerprint density at radius 2 is 0.548 bits per heavy atom. The molecule has 0 rings (SSSR count). The van der Waals surface area contributed by atoms with Gasteiger partial charge in [0.25, 0.3) is 0 Å². The second kappa shape index (κ2) is 51.5. The first-order chi connectivity index (χ1) is 30.5. The van der Waals surface area contributed by atoms with E-state index in [1.54, 1.807) is 0 Å². The molecule has 1 unspecified atom stereocenters. The second-order valence-corrected chi connectivity index (χ2v) is 18.5. The van der Waals surface area contributed by atoms with Crippen LogP contribution in [-0.2, 0) is 28.6 Å². The average Bonchev–Trinajstić information content (AvgIpc) is 3.27. The second-order valence-electron chi connectivity index (χ2n) is 18.5. The molecular weight excluding hydrogens is 769 g/mol. The van der Waals surface area contributed by atoms with Gasteiger partial charge in [-0.3, -0.25) is 14.4 Å². The third kappa shape index (κ3) is 48.9. The van der Waals surface area contributed by atoms with Gasteiger partial charge in [-0.2, -0.15) is 0 Å². The predicted octanol–water partition coefficient (Wildman–Crippen LogP) is 17.9. The normalized spacial score (nSPS) is 12.1. The van der Waals surface area contributed by atoms with E-state index < -0.39 is 6.10 Å². The molecule has 0 aliphatic carbocycles. The molecule has 1 atom stereocenters. The van der Waals surface area contributed by atoms with E-state index in [4.69, 9.17) is 14.2 Å². The molecule has 6 heteroatoms. The minimum absolute atomic E-state index is 0.0791. The summed E-state index contributed by atoms with van der Waals surface area (Å²) in [6, 6.07) is 0. The molecule has 0 aromatic rings. The van der Waals surface area contributed by atoms with E-state index in [1.807, 2.05) is 0 Å². The maximum Gasteiger partial charge on any atom is 0.306 e. The average molecular weight is 873 g/mol. The van der Waals surface area contributed by atoms with Gasteiger partial charge in [0, 0.05) is 19.3 Å². The summed E-state index contributed by atoms with van der Waals surface area (Å²) in [6.45, 7) is 6.61. The van der Waals surface area contributed by atoms with Crippen LogP contribution in [0.1, 0.15) is 297 Å². The molecule has 0 amide bonds. The minimum atomic E-state index is -0.781. The first-order valence-corrected chi connectivity index (χ1v) is 27.3. The number of allylic oxidation sites excluding steroid dienone is 4. The number of esters is 3. The number of hydrogen-bond donors (Lipinski definition) is 0.